The van der Waals surface area contributed by atoms with Crippen LogP contribution in [0.25, 0.3) is 5.76 Å². The molecule has 1 aromatic rings. The van der Waals surface area contributed by atoms with Crippen LogP contribution < -0.4 is 5.73 Å². The van der Waals surface area contributed by atoms with Crippen LogP contribution >= 0.6 is 11.6 Å². The Morgan fingerprint density at radius 3 is 2.67 bits per heavy atom. The van der Waals surface area contributed by atoms with E-state index >= 15 is 0 Å². The fourth-order valence-electron chi connectivity index (χ4n) is 0.954. The molecule has 0 radical (unpaired) electrons. The quantitative estimate of drug-likeness (QED) is 0.520. The Kier molecular flexibility index (Phi) is 2.29. The van der Waals surface area contributed by atoms with E-state index in [1.165, 1.54) is 0 Å². The lowest BCUT2D eigenvalue weighted by Crippen LogP contribution is -1.96. The van der Waals surface area contributed by atoms with E-state index in [4.69, 9.17) is 22.4 Å². The molecule has 0 spiro atoms. The molecule has 1 aromatic carbocycles. The molecule has 12 heavy (non-hydrogen) atoms. The van der Waals surface area contributed by atoms with Gasteiger partial charge in [-0.1, -0.05) is 18.2 Å². The molecular formula is C9H10ClNO. The lowest BCUT2D eigenvalue weighted by atomic mass is 10.1. The number of aliphatic hydroxyl groups excluding tert-OH is 1. The van der Waals surface area contributed by atoms with Crippen molar-refractivity contribution in [3.8, 4) is 0 Å². The van der Waals surface area contributed by atoms with E-state index in [0.717, 1.165) is 5.56 Å². The van der Waals surface area contributed by atoms with Gasteiger partial charge in [0.1, 0.15) is 5.76 Å². The molecule has 0 unspecified atom stereocenters. The molecule has 0 aliphatic heterocycles. The fourth-order valence-corrected chi connectivity index (χ4v) is 1.12. The molecule has 1 rings (SSSR count). The van der Waals surface area contributed by atoms with Gasteiger partial charge in [0, 0.05) is 16.3 Å². The normalized spacial score (nSPS) is 9.83. The van der Waals surface area contributed by atoms with Gasteiger partial charge in [-0.3, -0.25) is 0 Å². The minimum absolute atomic E-state index is 0.0349. The fraction of sp³-hybridized carbons (Fsp3) is 0.111. The first kappa shape index (κ1) is 8.94. The van der Waals surface area contributed by atoms with Crippen molar-refractivity contribution in [1.82, 2.24) is 0 Å². The molecule has 2 nitrogen and oxygen atoms in total. The highest BCUT2D eigenvalue weighted by molar-refractivity contribution is 6.31. The van der Waals surface area contributed by atoms with Crippen LogP contribution in [0.2, 0.25) is 5.02 Å². The van der Waals surface area contributed by atoms with Crippen LogP contribution in [0.15, 0.2) is 18.7 Å². The van der Waals surface area contributed by atoms with Crippen molar-refractivity contribution in [1.29, 1.82) is 0 Å². The van der Waals surface area contributed by atoms with Crippen LogP contribution in [0.3, 0.4) is 0 Å². The van der Waals surface area contributed by atoms with E-state index in [9.17, 15) is 0 Å². The summed E-state index contributed by atoms with van der Waals surface area (Å²) in [6.45, 7) is 5.19. The molecule has 0 saturated heterocycles. The molecule has 0 saturated carbocycles. The summed E-state index contributed by atoms with van der Waals surface area (Å²) in [6, 6.07) is 3.33. The Labute approximate surface area is 76.3 Å². The van der Waals surface area contributed by atoms with E-state index in [0.29, 0.717) is 16.3 Å². The number of nitrogens with two attached hydrogens (primary N) is 1. The zero-order chi connectivity index (χ0) is 9.30. The van der Waals surface area contributed by atoms with Gasteiger partial charge in [0.05, 0.1) is 0 Å². The monoisotopic (exact) mass is 183 g/mol. The van der Waals surface area contributed by atoms with Gasteiger partial charge in [0.25, 0.3) is 0 Å². The van der Waals surface area contributed by atoms with Crippen LogP contribution in [0.4, 0.5) is 5.69 Å². The Balaban J connectivity index is 3.36. The second-order valence-electron chi connectivity index (χ2n) is 2.58. The third kappa shape index (κ3) is 1.38. The summed E-state index contributed by atoms with van der Waals surface area (Å²) < 4.78 is 0. The summed E-state index contributed by atoms with van der Waals surface area (Å²) in [5, 5.41) is 9.70. The molecule has 3 N–H and O–H groups in total. The topological polar surface area (TPSA) is 46.2 Å². The van der Waals surface area contributed by atoms with Crippen LogP contribution in [0.5, 0.6) is 0 Å². The first-order valence-corrected chi connectivity index (χ1v) is 3.84. The predicted octanol–water partition coefficient (Wildman–Crippen LogP) is 2.76. The smallest absolute Gasteiger partial charge is 0.117 e. The van der Waals surface area contributed by atoms with E-state index in [1.807, 2.05) is 0 Å². The molecule has 0 aromatic heterocycles. The van der Waals surface area contributed by atoms with Gasteiger partial charge >= 0.3 is 0 Å². The second kappa shape index (κ2) is 3.07. The summed E-state index contributed by atoms with van der Waals surface area (Å²) in [6.07, 6.45) is 0. The number of aliphatic hydroxyl groups is 1. The van der Waals surface area contributed by atoms with Crippen molar-refractivity contribution in [2.24, 2.45) is 0 Å². The maximum absolute atomic E-state index is 9.10. The van der Waals surface area contributed by atoms with Gasteiger partial charge in [-0.25, -0.2) is 0 Å². The summed E-state index contributed by atoms with van der Waals surface area (Å²) in [7, 11) is 0. The summed E-state index contributed by atoms with van der Waals surface area (Å²) in [5.74, 6) is -0.0349. The molecule has 0 fully saturated rings. The Bertz CT molecular complexity index is 334. The van der Waals surface area contributed by atoms with Gasteiger partial charge in [-0.2, -0.15) is 0 Å². The number of halogens is 1. The SMILES string of the molecule is C=C(O)c1ccc(Cl)c(C)c1N. The van der Waals surface area contributed by atoms with E-state index in [1.54, 1.807) is 19.1 Å². The average Bonchev–Trinajstić information content (AvgIpc) is 2.00. The zero-order valence-corrected chi connectivity index (χ0v) is 7.52. The van der Waals surface area contributed by atoms with E-state index in [2.05, 4.69) is 6.58 Å². The van der Waals surface area contributed by atoms with E-state index < -0.39 is 0 Å². The standard InChI is InChI=1S/C9H10ClNO/c1-5-8(10)4-3-7(6(2)12)9(5)11/h3-4,12H,2,11H2,1H3. The zero-order valence-electron chi connectivity index (χ0n) is 6.76. The molecule has 0 aliphatic carbocycles. The van der Waals surface area contributed by atoms with Gasteiger partial charge in [0.15, 0.2) is 0 Å². The summed E-state index contributed by atoms with van der Waals surface area (Å²) in [4.78, 5) is 0. The lowest BCUT2D eigenvalue weighted by molar-refractivity contribution is 0.514. The summed E-state index contributed by atoms with van der Waals surface area (Å²) in [5.41, 5.74) is 7.47. The Morgan fingerprint density at radius 2 is 2.17 bits per heavy atom. The van der Waals surface area contributed by atoms with Crippen molar-refractivity contribution in [2.75, 3.05) is 5.73 Å². The lowest BCUT2D eigenvalue weighted by Gasteiger charge is -2.07. The molecule has 0 atom stereocenters. The van der Waals surface area contributed by atoms with Crippen LogP contribution in [-0.4, -0.2) is 5.11 Å². The first-order chi connectivity index (χ1) is 5.54. The highest BCUT2D eigenvalue weighted by Gasteiger charge is 2.06. The maximum atomic E-state index is 9.10. The van der Waals surface area contributed by atoms with Crippen molar-refractivity contribution in [2.45, 2.75) is 6.92 Å². The molecule has 0 amide bonds. The van der Waals surface area contributed by atoms with Crippen molar-refractivity contribution in [3.05, 3.63) is 34.9 Å². The van der Waals surface area contributed by atoms with Gasteiger partial charge in [-0.05, 0) is 24.6 Å². The van der Waals surface area contributed by atoms with Crippen molar-refractivity contribution < 1.29 is 5.11 Å². The molecule has 3 heteroatoms. The highest BCUT2D eigenvalue weighted by Crippen LogP contribution is 2.27. The third-order valence-corrected chi connectivity index (χ3v) is 2.17. The number of anilines is 1. The van der Waals surface area contributed by atoms with Gasteiger partial charge < -0.3 is 10.8 Å². The summed E-state index contributed by atoms with van der Waals surface area (Å²) >= 11 is 5.80. The molecule has 0 heterocycles. The predicted molar refractivity (Wildman–Crippen MR) is 52.3 cm³/mol. The number of hydrogen-bond donors (Lipinski definition) is 2. The highest BCUT2D eigenvalue weighted by atomic mass is 35.5. The molecular weight excluding hydrogens is 174 g/mol. The largest absolute Gasteiger partial charge is 0.508 e. The molecule has 0 bridgehead atoms. The molecule has 64 valence electrons. The van der Waals surface area contributed by atoms with Gasteiger partial charge in [0.2, 0.25) is 0 Å². The second-order valence-corrected chi connectivity index (χ2v) is 2.99. The number of nitrogen functional groups attached to an aromatic ring is 1. The minimum Gasteiger partial charge on any atom is -0.508 e. The first-order valence-electron chi connectivity index (χ1n) is 3.47. The Hall–Kier alpha value is -1.15. The number of rotatable bonds is 1. The maximum Gasteiger partial charge on any atom is 0.117 e. The molecule has 0 aliphatic rings. The van der Waals surface area contributed by atoms with Crippen LogP contribution in [0, 0.1) is 6.92 Å². The van der Waals surface area contributed by atoms with Gasteiger partial charge in [-0.15, -0.1) is 0 Å². The minimum atomic E-state index is -0.0349. The third-order valence-electron chi connectivity index (χ3n) is 1.76. The number of hydrogen-bond acceptors (Lipinski definition) is 2. The Morgan fingerprint density at radius 1 is 1.58 bits per heavy atom. The van der Waals surface area contributed by atoms with Crippen molar-refractivity contribution in [3.63, 3.8) is 0 Å². The van der Waals surface area contributed by atoms with Crippen LogP contribution in [-0.2, 0) is 0 Å². The number of benzene rings is 1. The van der Waals surface area contributed by atoms with Crippen LogP contribution in [0.1, 0.15) is 11.1 Å². The van der Waals surface area contributed by atoms with E-state index in [-0.39, 0.29) is 5.76 Å². The van der Waals surface area contributed by atoms with Crippen molar-refractivity contribution >= 4 is 23.0 Å². The average molecular weight is 184 g/mol.